The number of thioether (sulfide) groups is 1. The van der Waals surface area contributed by atoms with E-state index in [1.807, 2.05) is 30.7 Å². The minimum absolute atomic E-state index is 0.178. The van der Waals surface area contributed by atoms with Gasteiger partial charge in [-0.25, -0.2) is 0 Å². The average Bonchev–Trinajstić information content (AvgIpc) is 3.04. The summed E-state index contributed by atoms with van der Waals surface area (Å²) in [5, 5.41) is 13.1. The molecule has 1 heterocycles. The van der Waals surface area contributed by atoms with Crippen LogP contribution in [0.4, 0.5) is 5.69 Å². The van der Waals surface area contributed by atoms with Crippen LogP contribution >= 0.6 is 35.0 Å². The number of carbonyl (C=O) groups excluding carboxylic acids is 1. The summed E-state index contributed by atoms with van der Waals surface area (Å²) in [7, 11) is 3.39. The normalized spacial score (nSPS) is 10.8. The number of rotatable bonds is 6. The molecule has 28 heavy (non-hydrogen) atoms. The maximum atomic E-state index is 12.4. The molecule has 0 unspecified atom stereocenters. The number of methoxy groups -OCH3 is 1. The molecule has 0 saturated heterocycles. The zero-order valence-electron chi connectivity index (χ0n) is 15.5. The van der Waals surface area contributed by atoms with Gasteiger partial charge in [-0.05, 0) is 42.8 Å². The van der Waals surface area contributed by atoms with Gasteiger partial charge in [0.05, 0.1) is 18.6 Å². The van der Waals surface area contributed by atoms with Gasteiger partial charge in [0.15, 0.2) is 11.0 Å². The maximum absolute atomic E-state index is 12.4. The lowest BCUT2D eigenvalue weighted by Crippen LogP contribution is -2.15. The van der Waals surface area contributed by atoms with E-state index in [2.05, 4.69) is 15.5 Å². The summed E-state index contributed by atoms with van der Waals surface area (Å²) in [5.41, 5.74) is 2.33. The van der Waals surface area contributed by atoms with Crippen LogP contribution in [-0.2, 0) is 11.8 Å². The number of aryl methyl sites for hydroxylation is 1. The Bertz CT molecular complexity index is 1010. The van der Waals surface area contributed by atoms with Gasteiger partial charge in [-0.15, -0.1) is 10.2 Å². The average molecular weight is 437 g/mol. The lowest BCUT2D eigenvalue weighted by molar-refractivity contribution is -0.113. The molecule has 0 fully saturated rings. The van der Waals surface area contributed by atoms with Crippen molar-refractivity contribution in [3.8, 4) is 17.1 Å². The van der Waals surface area contributed by atoms with Gasteiger partial charge in [-0.2, -0.15) is 0 Å². The van der Waals surface area contributed by atoms with Crippen molar-refractivity contribution < 1.29 is 9.53 Å². The van der Waals surface area contributed by atoms with E-state index in [0.717, 1.165) is 11.1 Å². The van der Waals surface area contributed by atoms with E-state index in [0.29, 0.717) is 32.5 Å². The minimum Gasteiger partial charge on any atom is -0.495 e. The molecule has 146 valence electrons. The number of hydrogen-bond acceptors (Lipinski definition) is 5. The maximum Gasteiger partial charge on any atom is 0.234 e. The molecule has 0 bridgehead atoms. The van der Waals surface area contributed by atoms with Gasteiger partial charge >= 0.3 is 0 Å². The van der Waals surface area contributed by atoms with Gasteiger partial charge in [-0.3, -0.25) is 4.79 Å². The third kappa shape index (κ3) is 4.60. The van der Waals surface area contributed by atoms with Crippen molar-refractivity contribution in [3.63, 3.8) is 0 Å². The van der Waals surface area contributed by atoms with Crippen LogP contribution in [0.25, 0.3) is 11.4 Å². The van der Waals surface area contributed by atoms with Gasteiger partial charge in [0.25, 0.3) is 0 Å². The van der Waals surface area contributed by atoms with Crippen LogP contribution in [0.1, 0.15) is 5.56 Å². The van der Waals surface area contributed by atoms with Gasteiger partial charge in [-0.1, -0.05) is 35.0 Å². The zero-order valence-corrected chi connectivity index (χ0v) is 17.8. The summed E-state index contributed by atoms with van der Waals surface area (Å²) >= 11 is 13.3. The molecule has 2 aromatic carbocycles. The van der Waals surface area contributed by atoms with E-state index in [9.17, 15) is 4.79 Å². The van der Waals surface area contributed by atoms with Crippen LogP contribution < -0.4 is 10.1 Å². The Balaban J connectivity index is 1.67. The Labute approximate surface area is 177 Å². The lowest BCUT2D eigenvalue weighted by Gasteiger charge is -2.12. The highest BCUT2D eigenvalue weighted by molar-refractivity contribution is 7.99. The topological polar surface area (TPSA) is 69.0 Å². The molecule has 0 aliphatic carbocycles. The SMILES string of the molecule is COc1cc(Cl)c(C)cc1NC(=O)CSc1nnc(-c2ccc(Cl)cc2)n1C. The number of nitrogens with one attached hydrogen (secondary N) is 1. The van der Waals surface area contributed by atoms with E-state index >= 15 is 0 Å². The number of aromatic nitrogens is 3. The first-order valence-corrected chi connectivity index (χ1v) is 10.1. The molecule has 1 amide bonds. The standard InChI is InChI=1S/C19H18Cl2N4O2S/c1-11-8-15(16(27-3)9-14(11)21)22-17(26)10-28-19-24-23-18(25(19)2)12-4-6-13(20)7-5-12/h4-9H,10H2,1-3H3,(H,22,26). The van der Waals surface area contributed by atoms with Crippen LogP contribution in [0.15, 0.2) is 41.6 Å². The van der Waals surface area contributed by atoms with Gasteiger partial charge in [0, 0.05) is 28.7 Å². The number of carbonyl (C=O) groups is 1. The Morgan fingerprint density at radius 3 is 2.61 bits per heavy atom. The van der Waals surface area contributed by atoms with Crippen LogP contribution in [0.5, 0.6) is 5.75 Å². The first-order valence-electron chi connectivity index (χ1n) is 8.31. The monoisotopic (exact) mass is 436 g/mol. The van der Waals surface area contributed by atoms with Crippen molar-refractivity contribution in [3.05, 3.63) is 52.0 Å². The molecule has 3 rings (SSSR count). The summed E-state index contributed by atoms with van der Waals surface area (Å²) < 4.78 is 7.12. The first-order chi connectivity index (χ1) is 13.4. The Morgan fingerprint density at radius 1 is 1.21 bits per heavy atom. The molecule has 1 aromatic heterocycles. The number of amides is 1. The molecule has 0 saturated carbocycles. The second-order valence-corrected chi connectivity index (χ2v) is 7.80. The molecule has 0 atom stereocenters. The molecule has 0 spiro atoms. The van der Waals surface area contributed by atoms with Crippen molar-refractivity contribution in [1.29, 1.82) is 0 Å². The van der Waals surface area contributed by atoms with E-state index in [4.69, 9.17) is 27.9 Å². The number of ether oxygens (including phenoxy) is 1. The Hall–Kier alpha value is -2.22. The van der Waals surface area contributed by atoms with Crippen LogP contribution in [-0.4, -0.2) is 33.5 Å². The Morgan fingerprint density at radius 2 is 1.93 bits per heavy atom. The summed E-state index contributed by atoms with van der Waals surface area (Å²) in [5.74, 6) is 1.21. The van der Waals surface area contributed by atoms with Gasteiger partial charge < -0.3 is 14.6 Å². The third-order valence-corrected chi connectivity index (χ3v) is 5.70. The van der Waals surface area contributed by atoms with Crippen LogP contribution in [0, 0.1) is 6.92 Å². The molecule has 0 radical (unpaired) electrons. The molecule has 9 heteroatoms. The number of halogens is 2. The number of hydrogen-bond donors (Lipinski definition) is 1. The van der Waals surface area contributed by atoms with Crippen molar-refractivity contribution in [2.75, 3.05) is 18.2 Å². The fourth-order valence-corrected chi connectivity index (χ4v) is 3.53. The van der Waals surface area contributed by atoms with Crippen molar-refractivity contribution >= 4 is 46.6 Å². The highest BCUT2D eigenvalue weighted by atomic mass is 35.5. The van der Waals surface area contributed by atoms with E-state index < -0.39 is 0 Å². The van der Waals surface area contributed by atoms with Crippen molar-refractivity contribution in [1.82, 2.24) is 14.8 Å². The van der Waals surface area contributed by atoms with Crippen LogP contribution in [0.2, 0.25) is 10.0 Å². The number of benzene rings is 2. The molecule has 6 nitrogen and oxygen atoms in total. The van der Waals surface area contributed by atoms with Crippen molar-refractivity contribution in [2.24, 2.45) is 7.05 Å². The zero-order chi connectivity index (χ0) is 20.3. The fourth-order valence-electron chi connectivity index (χ4n) is 2.54. The second-order valence-electron chi connectivity index (χ2n) is 6.01. The van der Waals surface area contributed by atoms with E-state index in [1.54, 1.807) is 24.3 Å². The number of anilines is 1. The fraction of sp³-hybridized carbons (Fsp3) is 0.211. The molecule has 0 aliphatic heterocycles. The molecule has 3 aromatic rings. The Kier molecular flexibility index (Phi) is 6.49. The lowest BCUT2D eigenvalue weighted by atomic mass is 10.2. The van der Waals surface area contributed by atoms with E-state index in [1.165, 1.54) is 18.9 Å². The summed E-state index contributed by atoms with van der Waals surface area (Å²) in [6, 6.07) is 10.8. The second kappa shape index (κ2) is 8.86. The van der Waals surface area contributed by atoms with Gasteiger partial charge in [0.2, 0.25) is 5.91 Å². The smallest absolute Gasteiger partial charge is 0.234 e. The summed E-state index contributed by atoms with van der Waals surface area (Å²) in [6.07, 6.45) is 0. The molecule has 0 aliphatic rings. The van der Waals surface area contributed by atoms with Crippen LogP contribution in [0.3, 0.4) is 0 Å². The molecule has 1 N–H and O–H groups in total. The van der Waals surface area contributed by atoms with Gasteiger partial charge in [0.1, 0.15) is 5.75 Å². The summed E-state index contributed by atoms with van der Waals surface area (Å²) in [4.78, 5) is 12.4. The highest BCUT2D eigenvalue weighted by Crippen LogP contribution is 2.31. The largest absolute Gasteiger partial charge is 0.495 e. The number of nitrogens with zero attached hydrogens (tertiary/aromatic N) is 3. The quantitative estimate of drug-likeness (QED) is 0.559. The predicted octanol–water partition coefficient (Wildman–Crippen LogP) is 4.84. The molecular formula is C19H18Cl2N4O2S. The third-order valence-electron chi connectivity index (χ3n) is 4.02. The van der Waals surface area contributed by atoms with Crippen molar-refractivity contribution in [2.45, 2.75) is 12.1 Å². The highest BCUT2D eigenvalue weighted by Gasteiger charge is 2.15. The summed E-state index contributed by atoms with van der Waals surface area (Å²) in [6.45, 7) is 1.87. The molecular weight excluding hydrogens is 419 g/mol. The minimum atomic E-state index is -0.180. The first kappa shape index (κ1) is 20.5. The predicted molar refractivity (Wildman–Crippen MR) is 114 cm³/mol. The van der Waals surface area contributed by atoms with E-state index in [-0.39, 0.29) is 11.7 Å².